The first-order valence-electron chi connectivity index (χ1n) is 9.32. The van der Waals surface area contributed by atoms with E-state index in [9.17, 15) is 4.79 Å². The number of amides is 2. The Bertz CT molecular complexity index is 880. The lowest BCUT2D eigenvalue weighted by molar-refractivity contribution is 0.174. The average molecular weight is 367 g/mol. The van der Waals surface area contributed by atoms with E-state index in [0.29, 0.717) is 30.3 Å². The van der Waals surface area contributed by atoms with Crippen LogP contribution in [0.2, 0.25) is 0 Å². The topological polar surface area (TPSA) is 79.8 Å². The zero-order valence-electron chi connectivity index (χ0n) is 15.0. The Kier molecular flexibility index (Phi) is 3.95. The number of fused-ring (bicyclic) bond motifs is 2. The summed E-state index contributed by atoms with van der Waals surface area (Å²) in [4.78, 5) is 16.6. The van der Waals surface area contributed by atoms with Crippen LogP contribution in [0.15, 0.2) is 24.3 Å². The van der Waals surface area contributed by atoms with Gasteiger partial charge >= 0.3 is 6.03 Å². The van der Waals surface area contributed by atoms with Gasteiger partial charge < -0.3 is 24.6 Å². The summed E-state index contributed by atoms with van der Waals surface area (Å²) in [5, 5.41) is 11.7. The maximum absolute atomic E-state index is 12.6. The molecule has 8 heteroatoms. The number of aryl methyl sites for hydroxylation is 2. The number of carbonyl (C=O) groups is 1. The molecule has 140 valence electrons. The number of benzene rings is 1. The largest absolute Gasteiger partial charge is 0.454 e. The summed E-state index contributed by atoms with van der Waals surface area (Å²) in [6, 6.07) is 7.48. The van der Waals surface area contributed by atoms with Crippen molar-refractivity contribution >= 4 is 17.5 Å². The molecule has 0 bridgehead atoms. The second-order valence-corrected chi connectivity index (χ2v) is 7.00. The summed E-state index contributed by atoms with van der Waals surface area (Å²) in [7, 11) is 0. The van der Waals surface area contributed by atoms with Crippen LogP contribution in [0.25, 0.3) is 0 Å². The quantitative estimate of drug-likeness (QED) is 0.875. The number of piperazine rings is 1. The summed E-state index contributed by atoms with van der Waals surface area (Å²) >= 11 is 0. The van der Waals surface area contributed by atoms with Gasteiger partial charge in [-0.15, -0.1) is 5.10 Å². The normalized spacial score (nSPS) is 17.8. The number of urea groups is 1. The van der Waals surface area contributed by atoms with Crippen LogP contribution in [0.4, 0.5) is 16.3 Å². The van der Waals surface area contributed by atoms with Gasteiger partial charge in [0.25, 0.3) is 0 Å². The van der Waals surface area contributed by atoms with E-state index >= 15 is 0 Å². The van der Waals surface area contributed by atoms with E-state index in [1.807, 2.05) is 17.0 Å². The van der Waals surface area contributed by atoms with Crippen molar-refractivity contribution in [3.05, 3.63) is 35.5 Å². The number of carbonyl (C=O) groups excluding carboxylic acids is 1. The molecule has 8 nitrogen and oxygen atoms in total. The van der Waals surface area contributed by atoms with E-state index in [1.54, 1.807) is 6.07 Å². The first-order chi connectivity index (χ1) is 13.3. The average Bonchev–Trinajstić information content (AvgIpc) is 3.36. The molecule has 27 heavy (non-hydrogen) atoms. The second kappa shape index (κ2) is 6.61. The summed E-state index contributed by atoms with van der Waals surface area (Å²) in [6.45, 7) is 3.02. The minimum atomic E-state index is -0.103. The summed E-state index contributed by atoms with van der Waals surface area (Å²) in [6.07, 6.45) is 3.30. The first kappa shape index (κ1) is 16.2. The Morgan fingerprint density at radius 3 is 2.74 bits per heavy atom. The molecule has 0 spiro atoms. The first-order valence-corrected chi connectivity index (χ1v) is 9.32. The number of nitrogens with one attached hydrogen (secondary N) is 1. The molecule has 1 aromatic carbocycles. The molecule has 2 amide bonds. The van der Waals surface area contributed by atoms with Crippen LogP contribution in [-0.4, -0.2) is 54.1 Å². The molecule has 0 saturated carbocycles. The fourth-order valence-corrected chi connectivity index (χ4v) is 3.79. The minimum absolute atomic E-state index is 0.103. The summed E-state index contributed by atoms with van der Waals surface area (Å²) in [5.41, 5.74) is 3.17. The SMILES string of the molecule is O=C(Nc1ccc2c(c1)OCO2)N1CCN(c2cc3c(nn2)CCC3)CC1. The van der Waals surface area contributed by atoms with E-state index < -0.39 is 0 Å². The molecule has 0 radical (unpaired) electrons. The van der Waals surface area contributed by atoms with E-state index in [0.717, 1.165) is 37.4 Å². The highest BCUT2D eigenvalue weighted by Crippen LogP contribution is 2.34. The highest BCUT2D eigenvalue weighted by molar-refractivity contribution is 5.90. The van der Waals surface area contributed by atoms with E-state index in [2.05, 4.69) is 26.5 Å². The third-order valence-corrected chi connectivity index (χ3v) is 5.32. The molecule has 2 aliphatic heterocycles. The minimum Gasteiger partial charge on any atom is -0.454 e. The van der Waals surface area contributed by atoms with Gasteiger partial charge in [0.05, 0.1) is 5.69 Å². The smallest absolute Gasteiger partial charge is 0.321 e. The van der Waals surface area contributed by atoms with Crippen LogP contribution < -0.4 is 19.7 Å². The van der Waals surface area contributed by atoms with Crippen molar-refractivity contribution in [3.8, 4) is 11.5 Å². The second-order valence-electron chi connectivity index (χ2n) is 7.00. The molecule has 1 saturated heterocycles. The van der Waals surface area contributed by atoms with Gasteiger partial charge in [-0.25, -0.2) is 4.79 Å². The number of aromatic nitrogens is 2. The Morgan fingerprint density at radius 1 is 1.00 bits per heavy atom. The number of hydrogen-bond acceptors (Lipinski definition) is 6. The molecule has 0 atom stereocenters. The Balaban J connectivity index is 1.19. The van der Waals surface area contributed by atoms with E-state index in [-0.39, 0.29) is 12.8 Å². The van der Waals surface area contributed by atoms with Gasteiger partial charge in [0.15, 0.2) is 17.3 Å². The Labute approximate surface area is 157 Å². The van der Waals surface area contributed by atoms with Gasteiger partial charge in [-0.3, -0.25) is 0 Å². The maximum Gasteiger partial charge on any atom is 0.321 e. The number of nitrogens with zero attached hydrogens (tertiary/aromatic N) is 4. The van der Waals surface area contributed by atoms with Crippen molar-refractivity contribution in [2.24, 2.45) is 0 Å². The summed E-state index contributed by atoms with van der Waals surface area (Å²) in [5.74, 6) is 2.29. The number of anilines is 2. The van der Waals surface area contributed by atoms with Crippen molar-refractivity contribution in [3.63, 3.8) is 0 Å². The number of rotatable bonds is 2. The lowest BCUT2D eigenvalue weighted by Crippen LogP contribution is -2.50. The van der Waals surface area contributed by atoms with Crippen LogP contribution in [-0.2, 0) is 12.8 Å². The molecule has 3 heterocycles. The lowest BCUT2D eigenvalue weighted by Gasteiger charge is -2.35. The van der Waals surface area contributed by atoms with Gasteiger partial charge in [0.1, 0.15) is 0 Å². The molecule has 1 N–H and O–H groups in total. The lowest BCUT2D eigenvalue weighted by atomic mass is 10.2. The molecule has 3 aliphatic rings. The highest BCUT2D eigenvalue weighted by atomic mass is 16.7. The third kappa shape index (κ3) is 3.11. The summed E-state index contributed by atoms with van der Waals surface area (Å²) < 4.78 is 10.6. The predicted octanol–water partition coefficient (Wildman–Crippen LogP) is 2.05. The maximum atomic E-state index is 12.6. The molecule has 1 aromatic heterocycles. The molecular formula is C19H21N5O3. The van der Waals surface area contributed by atoms with Crippen molar-refractivity contribution in [1.82, 2.24) is 15.1 Å². The van der Waals surface area contributed by atoms with Crippen molar-refractivity contribution < 1.29 is 14.3 Å². The van der Waals surface area contributed by atoms with E-state index in [4.69, 9.17) is 9.47 Å². The van der Waals surface area contributed by atoms with Crippen molar-refractivity contribution in [2.75, 3.05) is 43.2 Å². The van der Waals surface area contributed by atoms with Crippen LogP contribution >= 0.6 is 0 Å². The van der Waals surface area contributed by atoms with Gasteiger partial charge in [-0.1, -0.05) is 0 Å². The molecule has 2 aromatic rings. The van der Waals surface area contributed by atoms with Gasteiger partial charge in [-0.2, -0.15) is 5.10 Å². The Hall–Kier alpha value is -3.03. The van der Waals surface area contributed by atoms with Gasteiger partial charge in [0, 0.05) is 37.9 Å². The zero-order valence-corrected chi connectivity index (χ0v) is 15.0. The van der Waals surface area contributed by atoms with Crippen LogP contribution in [0, 0.1) is 0 Å². The Morgan fingerprint density at radius 2 is 1.85 bits per heavy atom. The van der Waals surface area contributed by atoms with Gasteiger partial charge in [-0.05, 0) is 43.0 Å². The van der Waals surface area contributed by atoms with E-state index in [1.165, 1.54) is 12.0 Å². The van der Waals surface area contributed by atoms with Crippen LogP contribution in [0.3, 0.4) is 0 Å². The van der Waals surface area contributed by atoms with Crippen molar-refractivity contribution in [2.45, 2.75) is 19.3 Å². The molecular weight excluding hydrogens is 346 g/mol. The fourth-order valence-electron chi connectivity index (χ4n) is 3.79. The highest BCUT2D eigenvalue weighted by Gasteiger charge is 2.24. The van der Waals surface area contributed by atoms with Crippen LogP contribution in [0.1, 0.15) is 17.7 Å². The third-order valence-electron chi connectivity index (χ3n) is 5.32. The molecule has 0 unspecified atom stereocenters. The number of hydrogen-bond donors (Lipinski definition) is 1. The molecule has 5 rings (SSSR count). The zero-order chi connectivity index (χ0) is 18.2. The monoisotopic (exact) mass is 367 g/mol. The van der Waals surface area contributed by atoms with Crippen LogP contribution in [0.5, 0.6) is 11.5 Å². The molecule has 1 fully saturated rings. The van der Waals surface area contributed by atoms with Crippen molar-refractivity contribution in [1.29, 1.82) is 0 Å². The standard InChI is InChI=1S/C19H21N5O3/c25-19(20-14-4-5-16-17(11-14)27-12-26-16)24-8-6-23(7-9-24)18-10-13-2-1-3-15(13)21-22-18/h4-5,10-11H,1-3,6-9,12H2,(H,20,25). The van der Waals surface area contributed by atoms with Gasteiger partial charge in [0.2, 0.25) is 6.79 Å². The fraction of sp³-hybridized carbons (Fsp3) is 0.421. The molecule has 1 aliphatic carbocycles. The predicted molar refractivity (Wildman–Crippen MR) is 99.4 cm³/mol. The number of ether oxygens (including phenoxy) is 2.